The molecule has 2 heterocycles. The second-order valence-corrected chi connectivity index (χ2v) is 5.38. The van der Waals surface area contributed by atoms with Gasteiger partial charge in [-0.25, -0.2) is 0 Å². The molecule has 96 valence electrons. The van der Waals surface area contributed by atoms with E-state index in [9.17, 15) is 5.26 Å². The van der Waals surface area contributed by atoms with Crippen LogP contribution in [0.2, 0.25) is 0 Å². The predicted octanol–water partition coefficient (Wildman–Crippen LogP) is 3.57. The van der Waals surface area contributed by atoms with E-state index in [1.807, 2.05) is 18.3 Å². The summed E-state index contributed by atoms with van der Waals surface area (Å²) in [4.78, 5) is 8.68. The Bertz CT molecular complexity index is 583. The van der Waals surface area contributed by atoms with Gasteiger partial charge in [0.25, 0.3) is 0 Å². The third-order valence-electron chi connectivity index (χ3n) is 3.94. The highest BCUT2D eigenvalue weighted by atomic mass is 35.5. The zero-order valence-corrected chi connectivity index (χ0v) is 11.3. The molecule has 4 heteroatoms. The Morgan fingerprint density at radius 1 is 1.32 bits per heavy atom. The predicted molar refractivity (Wildman–Crippen MR) is 75.8 cm³/mol. The van der Waals surface area contributed by atoms with Crippen LogP contribution in [0.3, 0.4) is 0 Å². The average Bonchev–Trinajstić information content (AvgIpc) is 2.46. The number of pyridine rings is 1. The number of aromatic nitrogens is 1. The fourth-order valence-electron chi connectivity index (χ4n) is 3.10. The molecule has 0 aromatic carbocycles. The third kappa shape index (κ3) is 2.17. The van der Waals surface area contributed by atoms with Crippen LogP contribution in [0, 0.1) is 17.2 Å². The van der Waals surface area contributed by atoms with E-state index in [4.69, 9.17) is 11.6 Å². The van der Waals surface area contributed by atoms with Gasteiger partial charge in [-0.1, -0.05) is 30.5 Å². The molecular weight excluding hydrogens is 258 g/mol. The van der Waals surface area contributed by atoms with E-state index in [1.54, 1.807) is 6.20 Å². The van der Waals surface area contributed by atoms with Crippen molar-refractivity contribution in [2.24, 2.45) is 10.9 Å². The standard InChI is InChI=1S/C15H14ClN3/c16-15-12(8-17)14(10-4-3-7-18-9-10)11-5-1-2-6-13(11)19-15/h3-4,7,9,11,13H,1-2,5-6H2. The number of allylic oxidation sites excluding steroid dienone is 1. The number of dihydropyridines is 1. The monoisotopic (exact) mass is 271 g/mol. The number of hydrogen-bond acceptors (Lipinski definition) is 3. The Labute approximate surface area is 117 Å². The Hall–Kier alpha value is -1.66. The first-order valence-corrected chi connectivity index (χ1v) is 6.97. The van der Waals surface area contributed by atoms with Gasteiger partial charge in [-0.2, -0.15) is 5.26 Å². The van der Waals surface area contributed by atoms with E-state index in [1.165, 1.54) is 12.8 Å². The highest BCUT2D eigenvalue weighted by Gasteiger charge is 2.35. The second-order valence-electron chi connectivity index (χ2n) is 5.02. The first kappa shape index (κ1) is 12.4. The van der Waals surface area contributed by atoms with E-state index in [-0.39, 0.29) is 6.04 Å². The third-order valence-corrected chi connectivity index (χ3v) is 4.23. The molecule has 1 aliphatic heterocycles. The Morgan fingerprint density at radius 2 is 2.16 bits per heavy atom. The number of rotatable bonds is 1. The lowest BCUT2D eigenvalue weighted by Gasteiger charge is -2.34. The van der Waals surface area contributed by atoms with Crippen molar-refractivity contribution in [3.63, 3.8) is 0 Å². The van der Waals surface area contributed by atoms with E-state index in [0.29, 0.717) is 16.7 Å². The number of nitriles is 1. The van der Waals surface area contributed by atoms with Crippen LogP contribution < -0.4 is 0 Å². The van der Waals surface area contributed by atoms with E-state index >= 15 is 0 Å². The van der Waals surface area contributed by atoms with Crippen LogP contribution in [-0.2, 0) is 0 Å². The topological polar surface area (TPSA) is 49.0 Å². The molecule has 0 saturated heterocycles. The molecular formula is C15H14ClN3. The molecule has 0 N–H and O–H groups in total. The summed E-state index contributed by atoms with van der Waals surface area (Å²) in [5.74, 6) is 0.315. The van der Waals surface area contributed by atoms with Gasteiger partial charge in [-0.3, -0.25) is 9.98 Å². The minimum absolute atomic E-state index is 0.230. The number of nitrogens with zero attached hydrogens (tertiary/aromatic N) is 3. The lowest BCUT2D eigenvalue weighted by molar-refractivity contribution is 0.370. The van der Waals surface area contributed by atoms with E-state index in [2.05, 4.69) is 16.0 Å². The SMILES string of the molecule is N#CC1=C(c2cccnc2)C2CCCCC2N=C1Cl. The Morgan fingerprint density at radius 3 is 2.89 bits per heavy atom. The van der Waals surface area contributed by atoms with Gasteiger partial charge >= 0.3 is 0 Å². The summed E-state index contributed by atoms with van der Waals surface area (Å²) in [6.45, 7) is 0. The smallest absolute Gasteiger partial charge is 0.142 e. The molecule has 1 aromatic rings. The van der Waals surface area contributed by atoms with Crippen molar-refractivity contribution in [1.82, 2.24) is 4.98 Å². The quantitative estimate of drug-likeness (QED) is 0.784. The maximum Gasteiger partial charge on any atom is 0.142 e. The van der Waals surface area contributed by atoms with Crippen LogP contribution >= 0.6 is 11.6 Å². The van der Waals surface area contributed by atoms with Crippen molar-refractivity contribution in [3.8, 4) is 6.07 Å². The summed E-state index contributed by atoms with van der Waals surface area (Å²) >= 11 is 6.20. The maximum atomic E-state index is 9.39. The lowest BCUT2D eigenvalue weighted by atomic mass is 9.75. The number of fused-ring (bicyclic) bond motifs is 1. The van der Waals surface area contributed by atoms with Crippen molar-refractivity contribution in [3.05, 3.63) is 35.7 Å². The molecule has 19 heavy (non-hydrogen) atoms. The van der Waals surface area contributed by atoms with Crippen LogP contribution in [0.1, 0.15) is 31.2 Å². The van der Waals surface area contributed by atoms with Crippen molar-refractivity contribution in [2.45, 2.75) is 31.7 Å². The minimum atomic E-state index is 0.230. The number of hydrogen-bond donors (Lipinski definition) is 0. The van der Waals surface area contributed by atoms with Crippen LogP contribution in [0.15, 0.2) is 35.1 Å². The van der Waals surface area contributed by atoms with Gasteiger partial charge in [-0.05, 0) is 30.0 Å². The molecule has 1 aliphatic carbocycles. The summed E-state index contributed by atoms with van der Waals surface area (Å²) < 4.78 is 0. The molecule has 0 radical (unpaired) electrons. The van der Waals surface area contributed by atoms with Gasteiger partial charge in [-0.15, -0.1) is 0 Å². The molecule has 1 saturated carbocycles. The zero-order valence-electron chi connectivity index (χ0n) is 10.5. The van der Waals surface area contributed by atoms with Crippen molar-refractivity contribution in [1.29, 1.82) is 5.26 Å². The van der Waals surface area contributed by atoms with Crippen molar-refractivity contribution < 1.29 is 0 Å². The fraction of sp³-hybridized carbons (Fsp3) is 0.400. The minimum Gasteiger partial charge on any atom is -0.268 e. The van der Waals surface area contributed by atoms with E-state index < -0.39 is 0 Å². The van der Waals surface area contributed by atoms with Crippen LogP contribution in [0.25, 0.3) is 5.57 Å². The average molecular weight is 272 g/mol. The maximum absolute atomic E-state index is 9.39. The largest absolute Gasteiger partial charge is 0.268 e. The van der Waals surface area contributed by atoms with E-state index in [0.717, 1.165) is 24.0 Å². The van der Waals surface area contributed by atoms with Crippen LogP contribution in [0.4, 0.5) is 0 Å². The van der Waals surface area contributed by atoms with Gasteiger partial charge < -0.3 is 0 Å². The van der Waals surface area contributed by atoms with Crippen LogP contribution in [-0.4, -0.2) is 16.2 Å². The molecule has 3 rings (SSSR count). The second kappa shape index (κ2) is 5.14. The highest BCUT2D eigenvalue weighted by molar-refractivity contribution is 6.71. The summed E-state index contributed by atoms with van der Waals surface area (Å²) in [5.41, 5.74) is 2.57. The molecule has 3 nitrogen and oxygen atoms in total. The van der Waals surface area contributed by atoms with Crippen molar-refractivity contribution >= 4 is 22.3 Å². The molecule has 1 aromatic heterocycles. The zero-order chi connectivity index (χ0) is 13.2. The molecule has 2 atom stereocenters. The first-order valence-electron chi connectivity index (χ1n) is 6.59. The molecule has 0 amide bonds. The molecule has 1 fully saturated rings. The number of halogens is 1. The number of aliphatic imine (C=N–C) groups is 1. The molecule has 0 spiro atoms. The van der Waals surface area contributed by atoms with Gasteiger partial charge in [0.05, 0.1) is 11.6 Å². The first-order chi connectivity index (χ1) is 9.31. The van der Waals surface area contributed by atoms with Gasteiger partial charge in [0, 0.05) is 18.3 Å². The summed E-state index contributed by atoms with van der Waals surface area (Å²) in [6, 6.07) is 6.35. The Balaban J connectivity index is 2.14. The fourth-order valence-corrected chi connectivity index (χ4v) is 3.37. The van der Waals surface area contributed by atoms with Gasteiger partial charge in [0.2, 0.25) is 0 Å². The normalized spacial score (nSPS) is 26.4. The lowest BCUT2D eigenvalue weighted by Crippen LogP contribution is -2.29. The van der Waals surface area contributed by atoms with Gasteiger partial charge in [0.15, 0.2) is 0 Å². The molecule has 2 unspecified atom stereocenters. The molecule has 0 bridgehead atoms. The van der Waals surface area contributed by atoms with Gasteiger partial charge in [0.1, 0.15) is 11.2 Å². The summed E-state index contributed by atoms with van der Waals surface area (Å²) in [5, 5.41) is 9.76. The molecule has 2 aliphatic rings. The summed E-state index contributed by atoms with van der Waals surface area (Å²) in [6.07, 6.45) is 8.08. The van der Waals surface area contributed by atoms with Crippen molar-refractivity contribution in [2.75, 3.05) is 0 Å². The Kier molecular flexibility index (Phi) is 3.35. The summed E-state index contributed by atoms with van der Waals surface area (Å²) in [7, 11) is 0. The highest BCUT2D eigenvalue weighted by Crippen LogP contribution is 2.42. The van der Waals surface area contributed by atoms with Crippen LogP contribution in [0.5, 0.6) is 0 Å².